The highest BCUT2D eigenvalue weighted by atomic mass is 32.2. The zero-order chi connectivity index (χ0) is 15.2. The minimum absolute atomic E-state index is 0.0763. The smallest absolute Gasteiger partial charge is 0.225 e. The number of halogens is 1. The third-order valence-corrected chi connectivity index (χ3v) is 4.04. The topological polar surface area (TPSA) is 55.1 Å². The summed E-state index contributed by atoms with van der Waals surface area (Å²) in [6, 6.07) is 11.8. The van der Waals surface area contributed by atoms with Crippen LogP contribution in [0.5, 0.6) is 0 Å². The van der Waals surface area contributed by atoms with Crippen LogP contribution < -0.4 is 11.1 Å². The first kappa shape index (κ1) is 15.4. The van der Waals surface area contributed by atoms with E-state index in [9.17, 15) is 9.18 Å². The fraction of sp³-hybridized carbons (Fsp3) is 0.188. The van der Waals surface area contributed by atoms with Crippen LogP contribution >= 0.6 is 11.8 Å². The predicted molar refractivity (Wildman–Crippen MR) is 86.0 cm³/mol. The maximum atomic E-state index is 13.0. The van der Waals surface area contributed by atoms with Crippen LogP contribution in [0, 0.1) is 12.7 Å². The van der Waals surface area contributed by atoms with E-state index in [0.29, 0.717) is 17.9 Å². The van der Waals surface area contributed by atoms with E-state index in [1.54, 1.807) is 18.2 Å². The molecule has 0 aromatic heterocycles. The number of benzene rings is 2. The van der Waals surface area contributed by atoms with Crippen molar-refractivity contribution in [3.8, 4) is 0 Å². The maximum Gasteiger partial charge on any atom is 0.225 e. The first-order chi connectivity index (χ1) is 10.1. The van der Waals surface area contributed by atoms with E-state index in [1.807, 2.05) is 19.1 Å². The molecule has 0 saturated carbocycles. The Morgan fingerprint density at radius 1 is 1.29 bits per heavy atom. The van der Waals surface area contributed by atoms with E-state index < -0.39 is 0 Å². The number of nitrogens with one attached hydrogen (secondary N) is 1. The Morgan fingerprint density at radius 3 is 2.81 bits per heavy atom. The molecule has 0 aliphatic rings. The molecule has 3 nitrogen and oxygen atoms in total. The molecule has 1 amide bonds. The van der Waals surface area contributed by atoms with Crippen LogP contribution in [-0.4, -0.2) is 11.7 Å². The highest BCUT2D eigenvalue weighted by Gasteiger charge is 2.06. The number of thioether (sulfide) groups is 1. The quantitative estimate of drug-likeness (QED) is 0.652. The van der Waals surface area contributed by atoms with Crippen molar-refractivity contribution in [1.29, 1.82) is 0 Å². The van der Waals surface area contributed by atoms with Gasteiger partial charge in [0.1, 0.15) is 5.82 Å². The molecule has 0 atom stereocenters. The summed E-state index contributed by atoms with van der Waals surface area (Å²) in [6.07, 6.45) is 0.357. The Kier molecular flexibility index (Phi) is 5.22. The molecule has 0 aliphatic heterocycles. The summed E-state index contributed by atoms with van der Waals surface area (Å²) in [7, 11) is 0. The van der Waals surface area contributed by atoms with Crippen LogP contribution in [0.15, 0.2) is 47.4 Å². The van der Waals surface area contributed by atoms with Crippen LogP contribution in [-0.2, 0) is 4.79 Å². The summed E-state index contributed by atoms with van der Waals surface area (Å²) in [6.45, 7) is 1.87. The van der Waals surface area contributed by atoms with Crippen molar-refractivity contribution in [2.45, 2.75) is 18.2 Å². The molecular weight excluding hydrogens is 287 g/mol. The highest BCUT2D eigenvalue weighted by Crippen LogP contribution is 2.22. The predicted octanol–water partition coefficient (Wildman–Crippen LogP) is 3.84. The van der Waals surface area contributed by atoms with Gasteiger partial charge in [-0.15, -0.1) is 11.8 Å². The molecule has 0 fully saturated rings. The summed E-state index contributed by atoms with van der Waals surface area (Å²) in [5.74, 6) is 0.254. The molecule has 0 radical (unpaired) electrons. The summed E-state index contributed by atoms with van der Waals surface area (Å²) in [5, 5.41) is 2.84. The summed E-state index contributed by atoms with van der Waals surface area (Å²) in [4.78, 5) is 12.7. The third kappa shape index (κ3) is 4.49. The average Bonchev–Trinajstić information content (AvgIpc) is 2.44. The monoisotopic (exact) mass is 304 g/mol. The molecule has 5 heteroatoms. The molecule has 3 N–H and O–H groups in total. The van der Waals surface area contributed by atoms with Gasteiger partial charge in [0.05, 0.1) is 0 Å². The van der Waals surface area contributed by atoms with Gasteiger partial charge in [-0.05, 0) is 42.8 Å². The molecule has 2 rings (SSSR count). The van der Waals surface area contributed by atoms with Gasteiger partial charge < -0.3 is 11.1 Å². The molecule has 0 unspecified atom stereocenters. The largest absolute Gasteiger partial charge is 0.398 e. The number of carbonyl (C=O) groups excluding carboxylic acids is 1. The van der Waals surface area contributed by atoms with E-state index in [4.69, 9.17) is 5.73 Å². The van der Waals surface area contributed by atoms with Crippen molar-refractivity contribution in [2.24, 2.45) is 0 Å². The van der Waals surface area contributed by atoms with Crippen molar-refractivity contribution in [2.75, 3.05) is 16.8 Å². The SMILES string of the molecule is Cc1c(N)cccc1NC(=O)CCSc1cccc(F)c1. The molecule has 2 aromatic carbocycles. The van der Waals surface area contributed by atoms with Crippen molar-refractivity contribution >= 4 is 29.0 Å². The lowest BCUT2D eigenvalue weighted by Crippen LogP contribution is -2.13. The summed E-state index contributed by atoms with van der Waals surface area (Å²) in [5.41, 5.74) is 8.05. The Balaban J connectivity index is 1.84. The van der Waals surface area contributed by atoms with Gasteiger partial charge in [0, 0.05) is 28.4 Å². The standard InChI is InChI=1S/C16H17FN2OS/c1-11-14(18)6-3-7-15(11)19-16(20)8-9-21-13-5-2-4-12(17)10-13/h2-7,10H,8-9,18H2,1H3,(H,19,20). The van der Waals surface area contributed by atoms with Crippen LogP contribution in [0.2, 0.25) is 0 Å². The molecule has 21 heavy (non-hydrogen) atoms. The number of amides is 1. The number of nitrogen functional groups attached to an aromatic ring is 1. The second-order valence-corrected chi connectivity index (χ2v) is 5.79. The van der Waals surface area contributed by atoms with E-state index in [0.717, 1.165) is 16.1 Å². The number of anilines is 2. The van der Waals surface area contributed by atoms with E-state index >= 15 is 0 Å². The Morgan fingerprint density at radius 2 is 2.05 bits per heavy atom. The Hall–Kier alpha value is -2.01. The summed E-state index contributed by atoms with van der Waals surface area (Å²) < 4.78 is 13.0. The molecule has 0 aliphatic carbocycles. The number of hydrogen-bond acceptors (Lipinski definition) is 3. The number of hydrogen-bond donors (Lipinski definition) is 2. The number of carbonyl (C=O) groups is 1. The molecule has 0 heterocycles. The number of nitrogens with two attached hydrogens (primary N) is 1. The number of rotatable bonds is 5. The molecule has 0 bridgehead atoms. The van der Waals surface area contributed by atoms with Crippen molar-refractivity contribution in [3.63, 3.8) is 0 Å². The van der Waals surface area contributed by atoms with E-state index in [-0.39, 0.29) is 11.7 Å². The zero-order valence-corrected chi connectivity index (χ0v) is 12.5. The fourth-order valence-corrected chi connectivity index (χ4v) is 2.71. The average molecular weight is 304 g/mol. The minimum atomic E-state index is -0.264. The molecule has 0 saturated heterocycles. The molecule has 2 aromatic rings. The van der Waals surface area contributed by atoms with Crippen molar-refractivity contribution in [1.82, 2.24) is 0 Å². The van der Waals surface area contributed by atoms with Gasteiger partial charge in [0.25, 0.3) is 0 Å². The Bertz CT molecular complexity index is 646. The molecule has 0 spiro atoms. The highest BCUT2D eigenvalue weighted by molar-refractivity contribution is 7.99. The summed E-state index contributed by atoms with van der Waals surface area (Å²) >= 11 is 1.46. The lowest BCUT2D eigenvalue weighted by Gasteiger charge is -2.10. The van der Waals surface area contributed by atoms with Crippen LogP contribution in [0.25, 0.3) is 0 Å². The normalized spacial score (nSPS) is 10.4. The maximum absolute atomic E-state index is 13.0. The molecular formula is C16H17FN2OS. The Labute approximate surface area is 127 Å². The van der Waals surface area contributed by atoms with Gasteiger partial charge in [-0.25, -0.2) is 4.39 Å². The van der Waals surface area contributed by atoms with Gasteiger partial charge in [0.15, 0.2) is 0 Å². The minimum Gasteiger partial charge on any atom is -0.398 e. The first-order valence-corrected chi connectivity index (χ1v) is 7.58. The van der Waals surface area contributed by atoms with Gasteiger partial charge >= 0.3 is 0 Å². The van der Waals surface area contributed by atoms with E-state index in [2.05, 4.69) is 5.32 Å². The zero-order valence-electron chi connectivity index (χ0n) is 11.7. The lowest BCUT2D eigenvalue weighted by molar-refractivity contribution is -0.115. The van der Waals surface area contributed by atoms with Crippen molar-refractivity contribution < 1.29 is 9.18 Å². The van der Waals surface area contributed by atoms with Gasteiger partial charge in [0.2, 0.25) is 5.91 Å². The fourth-order valence-electron chi connectivity index (χ4n) is 1.82. The van der Waals surface area contributed by atoms with Gasteiger partial charge in [-0.3, -0.25) is 4.79 Å². The van der Waals surface area contributed by atoms with Gasteiger partial charge in [-0.2, -0.15) is 0 Å². The van der Waals surface area contributed by atoms with Crippen LogP contribution in [0.3, 0.4) is 0 Å². The third-order valence-electron chi connectivity index (χ3n) is 3.04. The van der Waals surface area contributed by atoms with Gasteiger partial charge in [-0.1, -0.05) is 12.1 Å². The van der Waals surface area contributed by atoms with Crippen LogP contribution in [0.1, 0.15) is 12.0 Å². The first-order valence-electron chi connectivity index (χ1n) is 6.59. The van der Waals surface area contributed by atoms with Crippen molar-refractivity contribution in [3.05, 3.63) is 53.8 Å². The van der Waals surface area contributed by atoms with E-state index in [1.165, 1.54) is 23.9 Å². The second kappa shape index (κ2) is 7.13. The van der Waals surface area contributed by atoms with Crippen LogP contribution in [0.4, 0.5) is 15.8 Å². The second-order valence-electron chi connectivity index (χ2n) is 4.62. The lowest BCUT2D eigenvalue weighted by atomic mass is 10.1. The molecule has 110 valence electrons.